The molecule has 1 aromatic heterocycles. The fraction of sp³-hybridized carbons (Fsp3) is 0.500. The maximum Gasteiger partial charge on any atom is 0.264 e. The Balaban J connectivity index is 1.81. The molecule has 118 valence electrons. The maximum atomic E-state index is 12.5. The van der Waals surface area contributed by atoms with Crippen molar-refractivity contribution in [2.24, 2.45) is 0 Å². The summed E-state index contributed by atoms with van der Waals surface area (Å²) in [4.78, 5) is 32.3. The number of carbonyl (C=O) groups excluding carboxylic acids is 2. The Morgan fingerprint density at radius 3 is 2.50 bits per heavy atom. The smallest absolute Gasteiger partial charge is 0.264 e. The molecule has 0 spiro atoms. The molecule has 3 heterocycles. The number of ether oxygens (including phenoxy) is 1. The lowest BCUT2D eigenvalue weighted by Gasteiger charge is -2.27. The minimum absolute atomic E-state index is 0.0360. The number of morpholine rings is 1. The molecular weight excluding hydrogens is 308 g/mol. The third-order valence-corrected chi connectivity index (χ3v) is 4.32. The van der Waals surface area contributed by atoms with Crippen LogP contribution in [0.5, 0.6) is 0 Å². The van der Waals surface area contributed by atoms with Crippen molar-refractivity contribution in [2.75, 3.05) is 45.1 Å². The van der Waals surface area contributed by atoms with Crippen molar-refractivity contribution in [2.45, 2.75) is 6.92 Å². The van der Waals surface area contributed by atoms with Crippen LogP contribution in [0.3, 0.4) is 0 Å². The molecule has 0 aliphatic carbocycles. The number of amides is 2. The molecule has 2 amide bonds. The van der Waals surface area contributed by atoms with E-state index in [0.717, 1.165) is 13.1 Å². The first-order valence-corrected chi connectivity index (χ1v) is 7.50. The number of rotatable bonds is 3. The highest BCUT2D eigenvalue weighted by molar-refractivity contribution is 6.37. The van der Waals surface area contributed by atoms with E-state index in [1.807, 2.05) is 0 Å². The molecule has 22 heavy (non-hydrogen) atoms. The van der Waals surface area contributed by atoms with Crippen LogP contribution >= 0.6 is 11.6 Å². The second-order valence-electron chi connectivity index (χ2n) is 5.37. The number of nitrogens with two attached hydrogens (primary N) is 1. The maximum absolute atomic E-state index is 12.5. The van der Waals surface area contributed by atoms with Crippen LogP contribution in [-0.2, 0) is 4.74 Å². The fourth-order valence-corrected chi connectivity index (χ4v) is 3.03. The Bertz CT molecular complexity index is 643. The quantitative estimate of drug-likeness (QED) is 0.645. The van der Waals surface area contributed by atoms with Gasteiger partial charge in [0.2, 0.25) is 0 Å². The molecule has 0 unspecified atom stereocenters. The summed E-state index contributed by atoms with van der Waals surface area (Å²) in [6.07, 6.45) is 0. The number of imide groups is 1. The van der Waals surface area contributed by atoms with Gasteiger partial charge in [0.1, 0.15) is 5.15 Å². The highest BCUT2D eigenvalue weighted by Crippen LogP contribution is 2.33. The predicted octanol–water partition coefficient (Wildman–Crippen LogP) is 0.554. The van der Waals surface area contributed by atoms with E-state index < -0.39 is 11.8 Å². The molecule has 1 fully saturated rings. The number of nitrogen functional groups attached to an aromatic ring is 1. The number of anilines is 1. The van der Waals surface area contributed by atoms with Gasteiger partial charge in [-0.1, -0.05) is 11.6 Å². The molecule has 8 heteroatoms. The molecule has 7 nitrogen and oxygen atoms in total. The first kappa shape index (κ1) is 15.2. The number of halogens is 1. The SMILES string of the molecule is Cc1nc(Cl)c2c(c1N)C(=O)N(CCN1CCOCC1)C2=O. The van der Waals surface area contributed by atoms with E-state index >= 15 is 0 Å². The van der Waals surface area contributed by atoms with Crippen LogP contribution in [0.4, 0.5) is 5.69 Å². The number of aryl methyl sites for hydroxylation is 1. The van der Waals surface area contributed by atoms with Crippen molar-refractivity contribution in [1.29, 1.82) is 0 Å². The van der Waals surface area contributed by atoms with Crippen LogP contribution in [0.25, 0.3) is 0 Å². The van der Waals surface area contributed by atoms with E-state index in [9.17, 15) is 9.59 Å². The van der Waals surface area contributed by atoms with Crippen molar-refractivity contribution >= 4 is 29.1 Å². The average Bonchev–Trinajstić information content (AvgIpc) is 2.76. The lowest BCUT2D eigenvalue weighted by atomic mass is 10.1. The molecular formula is C14H17ClN4O3. The Labute approximate surface area is 133 Å². The van der Waals surface area contributed by atoms with Gasteiger partial charge in [-0.3, -0.25) is 19.4 Å². The van der Waals surface area contributed by atoms with E-state index in [2.05, 4.69) is 9.88 Å². The summed E-state index contributed by atoms with van der Waals surface area (Å²) in [6, 6.07) is 0. The third-order valence-electron chi connectivity index (χ3n) is 4.04. The van der Waals surface area contributed by atoms with Crippen LogP contribution in [0.2, 0.25) is 5.15 Å². The first-order chi connectivity index (χ1) is 10.5. The molecule has 0 aromatic carbocycles. The lowest BCUT2D eigenvalue weighted by molar-refractivity contribution is 0.0325. The molecule has 2 aliphatic heterocycles. The van der Waals surface area contributed by atoms with Gasteiger partial charge < -0.3 is 10.5 Å². The van der Waals surface area contributed by atoms with Crippen LogP contribution in [0.15, 0.2) is 0 Å². The zero-order chi connectivity index (χ0) is 15.9. The summed E-state index contributed by atoms with van der Waals surface area (Å²) in [5.41, 5.74) is 6.90. The number of hydrogen-bond donors (Lipinski definition) is 1. The normalized spacial score (nSPS) is 18.9. The number of carbonyl (C=O) groups is 2. The van der Waals surface area contributed by atoms with Crippen LogP contribution < -0.4 is 5.73 Å². The zero-order valence-electron chi connectivity index (χ0n) is 12.3. The molecule has 0 radical (unpaired) electrons. The van der Waals surface area contributed by atoms with E-state index in [0.29, 0.717) is 32.0 Å². The van der Waals surface area contributed by atoms with E-state index in [-0.39, 0.29) is 22.0 Å². The molecule has 0 atom stereocenters. The number of fused-ring (bicyclic) bond motifs is 1. The fourth-order valence-electron chi connectivity index (χ4n) is 2.73. The van der Waals surface area contributed by atoms with Gasteiger partial charge in [-0.25, -0.2) is 4.98 Å². The van der Waals surface area contributed by atoms with Crippen molar-refractivity contribution in [1.82, 2.24) is 14.8 Å². The Morgan fingerprint density at radius 2 is 1.82 bits per heavy atom. The van der Waals surface area contributed by atoms with Gasteiger partial charge in [-0.2, -0.15) is 0 Å². The monoisotopic (exact) mass is 324 g/mol. The zero-order valence-corrected chi connectivity index (χ0v) is 13.0. The van der Waals surface area contributed by atoms with Gasteiger partial charge in [0.25, 0.3) is 11.8 Å². The van der Waals surface area contributed by atoms with Crippen molar-refractivity contribution in [3.8, 4) is 0 Å². The number of aromatic nitrogens is 1. The van der Waals surface area contributed by atoms with Crippen LogP contribution in [-0.4, -0.2) is 66.0 Å². The summed E-state index contributed by atoms with van der Waals surface area (Å²) >= 11 is 6.03. The largest absolute Gasteiger partial charge is 0.397 e. The van der Waals surface area contributed by atoms with Gasteiger partial charge in [0.05, 0.1) is 35.7 Å². The second kappa shape index (κ2) is 5.83. The molecule has 2 N–H and O–H groups in total. The third kappa shape index (κ3) is 2.45. The van der Waals surface area contributed by atoms with E-state index in [4.69, 9.17) is 22.1 Å². The summed E-state index contributed by atoms with van der Waals surface area (Å²) in [7, 11) is 0. The predicted molar refractivity (Wildman–Crippen MR) is 81.0 cm³/mol. The summed E-state index contributed by atoms with van der Waals surface area (Å²) in [5.74, 6) is -0.810. The first-order valence-electron chi connectivity index (χ1n) is 7.12. The van der Waals surface area contributed by atoms with Crippen molar-refractivity contribution < 1.29 is 14.3 Å². The van der Waals surface area contributed by atoms with E-state index in [1.54, 1.807) is 6.92 Å². The van der Waals surface area contributed by atoms with Gasteiger partial charge in [0.15, 0.2) is 0 Å². The average molecular weight is 325 g/mol. The lowest BCUT2D eigenvalue weighted by Crippen LogP contribution is -2.43. The Kier molecular flexibility index (Phi) is 4.03. The molecule has 3 rings (SSSR count). The van der Waals surface area contributed by atoms with Crippen LogP contribution in [0, 0.1) is 6.92 Å². The van der Waals surface area contributed by atoms with Crippen molar-refractivity contribution in [3.05, 3.63) is 22.0 Å². The number of pyridine rings is 1. The molecule has 2 aliphatic rings. The number of nitrogens with zero attached hydrogens (tertiary/aromatic N) is 3. The second-order valence-corrected chi connectivity index (χ2v) is 5.73. The van der Waals surface area contributed by atoms with E-state index in [1.165, 1.54) is 4.90 Å². The molecule has 0 bridgehead atoms. The molecule has 1 aromatic rings. The van der Waals surface area contributed by atoms with Gasteiger partial charge in [-0.15, -0.1) is 0 Å². The minimum Gasteiger partial charge on any atom is -0.397 e. The highest BCUT2D eigenvalue weighted by Gasteiger charge is 2.40. The molecule has 0 saturated carbocycles. The standard InChI is InChI=1S/C14H17ClN4O3/c1-8-11(16)9-10(12(15)17-8)14(21)19(13(9)20)3-2-18-4-6-22-7-5-18/h2-7,16H2,1H3. The Hall–Kier alpha value is -1.70. The minimum atomic E-state index is -0.419. The Morgan fingerprint density at radius 1 is 1.18 bits per heavy atom. The molecule has 1 saturated heterocycles. The summed E-state index contributed by atoms with van der Waals surface area (Å²) < 4.78 is 5.28. The van der Waals surface area contributed by atoms with Gasteiger partial charge in [0, 0.05) is 26.2 Å². The van der Waals surface area contributed by atoms with Crippen LogP contribution in [0.1, 0.15) is 26.4 Å². The number of hydrogen-bond acceptors (Lipinski definition) is 6. The van der Waals surface area contributed by atoms with Gasteiger partial charge >= 0.3 is 0 Å². The van der Waals surface area contributed by atoms with Crippen molar-refractivity contribution in [3.63, 3.8) is 0 Å². The highest BCUT2D eigenvalue weighted by atomic mass is 35.5. The summed E-state index contributed by atoms with van der Waals surface area (Å²) in [5, 5.41) is 0.0360. The summed E-state index contributed by atoms with van der Waals surface area (Å²) in [6.45, 7) is 5.52. The van der Waals surface area contributed by atoms with Gasteiger partial charge in [-0.05, 0) is 6.92 Å². The topological polar surface area (TPSA) is 88.8 Å².